The highest BCUT2D eigenvalue weighted by molar-refractivity contribution is 7.98. The smallest absolute Gasteiger partial charge is 0.187 e. The minimum atomic E-state index is -1.77. The van der Waals surface area contributed by atoms with Gasteiger partial charge < -0.3 is 109 Å². The minimum absolute atomic E-state index is 0.104. The van der Waals surface area contributed by atoms with Crippen LogP contribution >= 0.6 is 23.5 Å². The molecular weight excluding hydrogens is 849 g/mol. The van der Waals surface area contributed by atoms with Crippen molar-refractivity contribution in [3.8, 4) is 0 Å². The molecule has 4 saturated heterocycles. The average molecular weight is 907 g/mol. The summed E-state index contributed by atoms with van der Waals surface area (Å²) in [5.41, 5.74) is 2.05. The summed E-state index contributed by atoms with van der Waals surface area (Å²) in [7, 11) is 0. The quantitative estimate of drug-likeness (QED) is 0.0541. The number of rotatable bonds is 20. The molecule has 0 radical (unpaired) electrons. The summed E-state index contributed by atoms with van der Waals surface area (Å²) in [5, 5.41) is 142. The zero-order chi connectivity index (χ0) is 43.7. The lowest BCUT2D eigenvalue weighted by atomic mass is 9.97. The maximum absolute atomic E-state index is 10.8. The van der Waals surface area contributed by atoms with Crippen LogP contribution in [0, 0.1) is 0 Å². The van der Waals surface area contributed by atoms with Crippen LogP contribution in [-0.4, -0.2) is 245 Å². The molecular formula is C36H58O22S2. The molecule has 4 heterocycles. The van der Waals surface area contributed by atoms with Crippen LogP contribution in [-0.2, 0) is 49.4 Å². The fourth-order valence-electron chi connectivity index (χ4n) is 7.02. The van der Waals surface area contributed by atoms with Gasteiger partial charge in [-0.2, -0.15) is 23.5 Å². The molecule has 0 bridgehead atoms. The molecule has 0 aliphatic carbocycles. The van der Waals surface area contributed by atoms with Crippen molar-refractivity contribution >= 4 is 23.5 Å². The molecule has 5 rings (SSSR count). The van der Waals surface area contributed by atoms with Gasteiger partial charge in [-0.25, -0.2) is 0 Å². The summed E-state index contributed by atoms with van der Waals surface area (Å²) in [6.07, 6.45) is -30.7. The second kappa shape index (κ2) is 23.8. The van der Waals surface area contributed by atoms with Crippen molar-refractivity contribution in [2.75, 3.05) is 51.1 Å². The summed E-state index contributed by atoms with van der Waals surface area (Å²) in [6, 6.07) is 7.85. The lowest BCUT2D eigenvalue weighted by Crippen LogP contribution is -2.64. The van der Waals surface area contributed by atoms with Crippen LogP contribution in [0.4, 0.5) is 0 Å². The van der Waals surface area contributed by atoms with E-state index in [1.807, 2.05) is 24.3 Å². The third kappa shape index (κ3) is 12.2. The summed E-state index contributed by atoms with van der Waals surface area (Å²) in [5.74, 6) is 2.16. The molecule has 0 unspecified atom stereocenters. The molecule has 0 amide bonds. The second-order valence-corrected chi connectivity index (χ2v) is 16.9. The molecule has 1 aromatic carbocycles. The van der Waals surface area contributed by atoms with Crippen molar-refractivity contribution in [3.05, 3.63) is 35.4 Å². The van der Waals surface area contributed by atoms with Crippen LogP contribution in [0.3, 0.4) is 0 Å². The van der Waals surface area contributed by atoms with E-state index in [2.05, 4.69) is 0 Å². The van der Waals surface area contributed by atoms with Crippen LogP contribution in [0.25, 0.3) is 0 Å². The standard InChI is InChI=1S/C36H58O22S2/c37-9-17-21(41)23(43)27(47)35(53-17)57-31-19(11-39)55-33(29(49)25(31)45)51-4-6-59-13-15-2-1-3-16(8-15)14-60-7-5-52-34-30(50)26(46)32(20(12-40)56-34)58-36-28(48)24(44)22(42)18(10-38)54-36/h1-3,8,17-50H,4-7,9-14H2/t17-,18-,19-,20-,21+,22+,23+,24+,25-,26-,27-,28-,29-,30-,31+,32+,33-,34-,35-,36-/m1/s1. The molecule has 4 aliphatic heterocycles. The minimum Gasteiger partial charge on any atom is -0.394 e. The number of benzene rings is 1. The normalized spacial score (nSPS) is 42.6. The van der Waals surface area contributed by atoms with E-state index in [9.17, 15) is 71.5 Å². The van der Waals surface area contributed by atoms with E-state index in [1.54, 1.807) is 0 Å². The van der Waals surface area contributed by atoms with Crippen LogP contribution in [0.1, 0.15) is 11.1 Å². The Hall–Kier alpha value is -0.960. The summed E-state index contributed by atoms with van der Waals surface area (Å²) < 4.78 is 44.4. The lowest BCUT2D eigenvalue weighted by molar-refractivity contribution is -0.359. The molecule has 4 fully saturated rings. The molecule has 0 aromatic heterocycles. The number of hydrogen-bond donors (Lipinski definition) is 14. The van der Waals surface area contributed by atoms with Gasteiger partial charge in [0.05, 0.1) is 39.6 Å². The number of ether oxygens (including phenoxy) is 8. The first-order chi connectivity index (χ1) is 28.7. The van der Waals surface area contributed by atoms with Crippen LogP contribution in [0.15, 0.2) is 24.3 Å². The van der Waals surface area contributed by atoms with E-state index >= 15 is 0 Å². The van der Waals surface area contributed by atoms with Gasteiger partial charge in [-0.1, -0.05) is 24.3 Å². The third-order valence-corrected chi connectivity index (χ3v) is 12.5. The number of aliphatic hydroxyl groups excluding tert-OH is 14. The molecule has 22 nitrogen and oxygen atoms in total. The predicted octanol–water partition coefficient (Wildman–Crippen LogP) is -6.57. The van der Waals surface area contributed by atoms with E-state index in [0.717, 1.165) is 11.1 Å². The Labute approximate surface area is 353 Å². The Morgan fingerprint density at radius 3 is 1.15 bits per heavy atom. The van der Waals surface area contributed by atoms with Crippen LogP contribution in [0.2, 0.25) is 0 Å². The van der Waals surface area contributed by atoms with Gasteiger partial charge in [0, 0.05) is 23.0 Å². The first kappa shape index (κ1) is 50.0. The van der Waals surface area contributed by atoms with Crippen molar-refractivity contribution in [2.45, 2.75) is 134 Å². The summed E-state index contributed by atoms with van der Waals surface area (Å²) >= 11 is 3.06. The fourth-order valence-corrected chi connectivity index (χ4v) is 8.57. The molecule has 14 N–H and O–H groups in total. The van der Waals surface area contributed by atoms with Gasteiger partial charge in [-0.15, -0.1) is 0 Å². The number of hydrogen-bond acceptors (Lipinski definition) is 24. The van der Waals surface area contributed by atoms with E-state index < -0.39 is 149 Å². The topological polar surface area (TPSA) is 357 Å². The maximum atomic E-state index is 10.8. The Morgan fingerprint density at radius 2 is 0.783 bits per heavy atom. The average Bonchev–Trinajstić information content (AvgIpc) is 3.25. The van der Waals surface area contributed by atoms with Crippen molar-refractivity contribution in [3.63, 3.8) is 0 Å². The molecule has 60 heavy (non-hydrogen) atoms. The van der Waals surface area contributed by atoms with Gasteiger partial charge in [0.15, 0.2) is 25.2 Å². The Morgan fingerprint density at radius 1 is 0.433 bits per heavy atom. The monoisotopic (exact) mass is 906 g/mol. The van der Waals surface area contributed by atoms with Gasteiger partial charge in [0.1, 0.15) is 97.7 Å². The molecule has 4 aliphatic rings. The highest BCUT2D eigenvalue weighted by atomic mass is 32.2. The summed E-state index contributed by atoms with van der Waals surface area (Å²) in [4.78, 5) is 0. The highest BCUT2D eigenvalue weighted by Gasteiger charge is 2.52. The van der Waals surface area contributed by atoms with Crippen molar-refractivity contribution in [2.24, 2.45) is 0 Å². The van der Waals surface area contributed by atoms with E-state index in [1.165, 1.54) is 23.5 Å². The first-order valence-corrected chi connectivity index (χ1v) is 21.7. The molecule has 24 heteroatoms. The van der Waals surface area contributed by atoms with Crippen molar-refractivity contribution in [1.82, 2.24) is 0 Å². The zero-order valence-corrected chi connectivity index (χ0v) is 33.9. The Bertz CT molecular complexity index is 1300. The highest BCUT2D eigenvalue weighted by Crippen LogP contribution is 2.32. The molecule has 1 aromatic rings. The Kier molecular flexibility index (Phi) is 19.9. The van der Waals surface area contributed by atoms with Gasteiger partial charge in [-0.05, 0) is 11.1 Å². The molecule has 346 valence electrons. The molecule has 20 atom stereocenters. The molecule has 0 saturated carbocycles. The van der Waals surface area contributed by atoms with E-state index in [4.69, 9.17) is 37.9 Å². The Balaban J connectivity index is 0.989. The van der Waals surface area contributed by atoms with Crippen LogP contribution < -0.4 is 0 Å². The van der Waals surface area contributed by atoms with Gasteiger partial charge in [0.2, 0.25) is 0 Å². The maximum Gasteiger partial charge on any atom is 0.187 e. The lowest BCUT2D eigenvalue weighted by Gasteiger charge is -2.45. The SMILES string of the molecule is OC[C@H]1O[C@H](O[C@@H]2[C@H](O)[C@@H](O)[C@H](OCCSCc3cccc(CSCCO[C@@H]4O[C@H](CO)[C@H](O[C@H]5O[C@H](CO)[C@H](O)[C@H](O)[C@H]5O)[C@H](O)[C@H]4O)c3)O[C@@H]2CO)[C@H](O)[C@@H](O)[C@H]1O. The summed E-state index contributed by atoms with van der Waals surface area (Å²) in [6.45, 7) is -2.55. The van der Waals surface area contributed by atoms with Crippen LogP contribution in [0.5, 0.6) is 0 Å². The third-order valence-electron chi connectivity index (χ3n) is 10.5. The zero-order valence-electron chi connectivity index (χ0n) is 32.3. The van der Waals surface area contributed by atoms with E-state index in [-0.39, 0.29) is 13.2 Å². The number of aliphatic hydroxyl groups is 14. The largest absolute Gasteiger partial charge is 0.394 e. The second-order valence-electron chi connectivity index (χ2n) is 14.7. The predicted molar refractivity (Wildman–Crippen MR) is 203 cm³/mol. The van der Waals surface area contributed by atoms with Gasteiger partial charge in [-0.3, -0.25) is 0 Å². The van der Waals surface area contributed by atoms with Gasteiger partial charge in [0.25, 0.3) is 0 Å². The van der Waals surface area contributed by atoms with E-state index in [0.29, 0.717) is 23.0 Å². The van der Waals surface area contributed by atoms with Crippen molar-refractivity contribution in [1.29, 1.82) is 0 Å². The number of thioether (sulfide) groups is 2. The fraction of sp³-hybridized carbons (Fsp3) is 0.833. The van der Waals surface area contributed by atoms with Crippen molar-refractivity contribution < 1.29 is 109 Å². The van der Waals surface area contributed by atoms with Gasteiger partial charge >= 0.3 is 0 Å². The first-order valence-electron chi connectivity index (χ1n) is 19.4. The molecule has 0 spiro atoms.